The van der Waals surface area contributed by atoms with Crippen molar-refractivity contribution in [1.29, 1.82) is 0 Å². The Morgan fingerprint density at radius 3 is 2.83 bits per heavy atom. The third kappa shape index (κ3) is 4.24. The van der Waals surface area contributed by atoms with Crippen LogP contribution in [-0.4, -0.2) is 48.3 Å². The van der Waals surface area contributed by atoms with E-state index in [2.05, 4.69) is 0 Å². The first-order chi connectivity index (χ1) is 11.6. The number of carbonyl (C=O) groups excluding carboxylic acids is 1. The van der Waals surface area contributed by atoms with E-state index in [4.69, 9.17) is 9.15 Å². The number of aliphatic hydroxyl groups is 1. The number of β-amino-alcohol motifs (C(OH)–C–C–N with tert-alkyl or cyclic N) is 1. The number of hydrogen-bond acceptors (Lipinski definition) is 4. The topological polar surface area (TPSA) is 62.9 Å². The summed E-state index contributed by atoms with van der Waals surface area (Å²) < 4.78 is 11.1. The Balaban J connectivity index is 1.57. The van der Waals surface area contributed by atoms with Gasteiger partial charge in [0.25, 0.3) is 0 Å². The van der Waals surface area contributed by atoms with Gasteiger partial charge in [-0.15, -0.1) is 0 Å². The van der Waals surface area contributed by atoms with Crippen LogP contribution in [0.5, 0.6) is 0 Å². The Morgan fingerprint density at radius 2 is 2.04 bits per heavy atom. The molecule has 1 amide bonds. The van der Waals surface area contributed by atoms with Crippen molar-refractivity contribution in [2.75, 3.05) is 26.3 Å². The molecule has 2 aromatic rings. The fourth-order valence-corrected chi connectivity index (χ4v) is 2.79. The quantitative estimate of drug-likeness (QED) is 0.936. The van der Waals surface area contributed by atoms with Gasteiger partial charge in [0.2, 0.25) is 5.91 Å². The number of amides is 1. The van der Waals surface area contributed by atoms with Crippen molar-refractivity contribution in [3.8, 4) is 11.3 Å². The van der Waals surface area contributed by atoms with Crippen LogP contribution < -0.4 is 0 Å². The number of nitrogens with zero attached hydrogens (tertiary/aromatic N) is 1. The van der Waals surface area contributed by atoms with Gasteiger partial charge in [0.05, 0.1) is 19.3 Å². The summed E-state index contributed by atoms with van der Waals surface area (Å²) in [6, 6.07) is 12.0. The minimum Gasteiger partial charge on any atom is -0.461 e. The Bertz CT molecular complexity index is 677. The molecule has 0 saturated carbocycles. The molecular weight excluding hydrogens is 306 g/mol. The van der Waals surface area contributed by atoms with Gasteiger partial charge >= 0.3 is 0 Å². The normalized spacial score (nSPS) is 18.4. The lowest BCUT2D eigenvalue weighted by atomic mass is 10.1. The first-order valence-corrected chi connectivity index (χ1v) is 8.31. The second kappa shape index (κ2) is 7.64. The highest BCUT2D eigenvalue weighted by Crippen LogP contribution is 2.23. The molecule has 1 aliphatic rings. The van der Waals surface area contributed by atoms with E-state index in [1.54, 1.807) is 4.90 Å². The fourth-order valence-electron chi connectivity index (χ4n) is 2.79. The summed E-state index contributed by atoms with van der Waals surface area (Å²) in [7, 11) is 0. The zero-order valence-electron chi connectivity index (χ0n) is 13.9. The molecule has 1 aliphatic heterocycles. The second-order valence-corrected chi connectivity index (χ2v) is 6.20. The maximum atomic E-state index is 12.3. The molecule has 3 rings (SSSR count). The third-order valence-corrected chi connectivity index (χ3v) is 4.18. The second-order valence-electron chi connectivity index (χ2n) is 6.20. The Labute approximate surface area is 141 Å². The minimum absolute atomic E-state index is 0.0211. The van der Waals surface area contributed by atoms with Crippen LogP contribution in [-0.2, 0) is 16.0 Å². The van der Waals surface area contributed by atoms with Gasteiger partial charge in [-0.2, -0.15) is 0 Å². The van der Waals surface area contributed by atoms with E-state index >= 15 is 0 Å². The van der Waals surface area contributed by atoms with Gasteiger partial charge in [0.1, 0.15) is 11.5 Å². The maximum Gasteiger partial charge on any atom is 0.223 e. The van der Waals surface area contributed by atoms with Gasteiger partial charge in [-0.3, -0.25) is 4.79 Å². The Hall–Kier alpha value is -2.11. The van der Waals surface area contributed by atoms with Gasteiger partial charge in [0.15, 0.2) is 0 Å². The first-order valence-electron chi connectivity index (χ1n) is 8.31. The maximum absolute atomic E-state index is 12.3. The highest BCUT2D eigenvalue weighted by molar-refractivity contribution is 5.76. The molecule has 5 nitrogen and oxygen atoms in total. The summed E-state index contributed by atoms with van der Waals surface area (Å²) in [5.41, 5.74) is 2.24. The highest BCUT2D eigenvalue weighted by atomic mass is 16.5. The van der Waals surface area contributed by atoms with Crippen molar-refractivity contribution in [2.24, 2.45) is 0 Å². The summed E-state index contributed by atoms with van der Waals surface area (Å²) >= 11 is 0. The number of furan rings is 1. The van der Waals surface area contributed by atoms with Crippen molar-refractivity contribution >= 4 is 5.91 Å². The largest absolute Gasteiger partial charge is 0.461 e. The van der Waals surface area contributed by atoms with Gasteiger partial charge < -0.3 is 19.2 Å². The lowest BCUT2D eigenvalue weighted by Gasteiger charge is -2.21. The monoisotopic (exact) mass is 329 g/mol. The SMILES string of the molecule is Cc1ccc(-c2ccc(CCC(=O)N3CCOCC(O)C3)o2)cc1. The van der Waals surface area contributed by atoms with Crippen LogP contribution in [0.15, 0.2) is 40.8 Å². The standard InChI is InChI=1S/C19H23NO4/c1-14-2-4-15(5-3-14)18-8-6-17(24-18)7-9-19(22)20-10-11-23-13-16(21)12-20/h2-6,8,16,21H,7,9-13H2,1H3. The van der Waals surface area contributed by atoms with Crippen LogP contribution in [0.3, 0.4) is 0 Å². The molecule has 1 fully saturated rings. The highest BCUT2D eigenvalue weighted by Gasteiger charge is 2.21. The Morgan fingerprint density at radius 1 is 1.25 bits per heavy atom. The molecule has 0 radical (unpaired) electrons. The fraction of sp³-hybridized carbons (Fsp3) is 0.421. The molecule has 2 heterocycles. The van der Waals surface area contributed by atoms with E-state index in [0.717, 1.165) is 17.1 Å². The predicted molar refractivity (Wildman–Crippen MR) is 90.6 cm³/mol. The van der Waals surface area contributed by atoms with E-state index in [1.165, 1.54) is 5.56 Å². The van der Waals surface area contributed by atoms with E-state index in [0.29, 0.717) is 39.1 Å². The Kier molecular flexibility index (Phi) is 5.33. The van der Waals surface area contributed by atoms with Crippen LogP contribution in [0.2, 0.25) is 0 Å². The molecule has 24 heavy (non-hydrogen) atoms. The molecular formula is C19H23NO4. The van der Waals surface area contributed by atoms with Gasteiger partial charge in [-0.25, -0.2) is 0 Å². The first kappa shape index (κ1) is 16.7. The van der Waals surface area contributed by atoms with Gasteiger partial charge in [0, 0.05) is 31.5 Å². The number of aliphatic hydroxyl groups excluding tert-OH is 1. The molecule has 1 N–H and O–H groups in total. The molecule has 1 unspecified atom stereocenters. The zero-order chi connectivity index (χ0) is 16.9. The number of carbonyl (C=O) groups is 1. The molecule has 1 atom stereocenters. The van der Waals surface area contributed by atoms with Crippen molar-refractivity contribution in [3.05, 3.63) is 47.7 Å². The summed E-state index contributed by atoms with van der Waals surface area (Å²) in [6.45, 7) is 3.69. The molecule has 0 aliphatic carbocycles. The van der Waals surface area contributed by atoms with Crippen LogP contribution in [0.1, 0.15) is 17.7 Å². The number of ether oxygens (including phenoxy) is 1. The van der Waals surface area contributed by atoms with Gasteiger partial charge in [-0.05, 0) is 19.1 Å². The van der Waals surface area contributed by atoms with Crippen LogP contribution >= 0.6 is 0 Å². The number of aryl methyl sites for hydroxylation is 2. The van der Waals surface area contributed by atoms with Crippen molar-refractivity contribution < 1.29 is 19.1 Å². The summed E-state index contributed by atoms with van der Waals surface area (Å²) in [4.78, 5) is 14.0. The lowest BCUT2D eigenvalue weighted by molar-refractivity contribution is -0.132. The predicted octanol–water partition coefficient (Wildman–Crippen LogP) is 2.41. The summed E-state index contributed by atoms with van der Waals surface area (Å²) in [5, 5.41) is 9.71. The average Bonchev–Trinajstić information content (AvgIpc) is 2.94. The van der Waals surface area contributed by atoms with Crippen LogP contribution in [0, 0.1) is 6.92 Å². The van der Waals surface area contributed by atoms with Crippen molar-refractivity contribution in [2.45, 2.75) is 25.9 Å². The number of hydrogen-bond donors (Lipinski definition) is 1. The van der Waals surface area contributed by atoms with E-state index in [-0.39, 0.29) is 5.91 Å². The molecule has 0 bridgehead atoms. The molecule has 1 aromatic carbocycles. The lowest BCUT2D eigenvalue weighted by Crippen LogP contribution is -2.37. The van der Waals surface area contributed by atoms with Crippen LogP contribution in [0.25, 0.3) is 11.3 Å². The van der Waals surface area contributed by atoms with E-state index in [1.807, 2.05) is 43.3 Å². The van der Waals surface area contributed by atoms with Crippen molar-refractivity contribution in [3.63, 3.8) is 0 Å². The number of benzene rings is 1. The summed E-state index contributed by atoms with van der Waals surface area (Å²) in [5.74, 6) is 1.63. The van der Waals surface area contributed by atoms with Gasteiger partial charge in [-0.1, -0.05) is 29.8 Å². The van der Waals surface area contributed by atoms with E-state index < -0.39 is 6.10 Å². The van der Waals surface area contributed by atoms with Crippen molar-refractivity contribution in [1.82, 2.24) is 4.90 Å². The zero-order valence-corrected chi connectivity index (χ0v) is 13.9. The molecule has 1 aromatic heterocycles. The molecule has 1 saturated heterocycles. The molecule has 128 valence electrons. The summed E-state index contributed by atoms with van der Waals surface area (Å²) in [6.07, 6.45) is 0.319. The minimum atomic E-state index is -0.604. The van der Waals surface area contributed by atoms with E-state index in [9.17, 15) is 9.90 Å². The van der Waals surface area contributed by atoms with Crippen LogP contribution in [0.4, 0.5) is 0 Å². The number of rotatable bonds is 4. The smallest absolute Gasteiger partial charge is 0.223 e. The third-order valence-electron chi connectivity index (χ3n) is 4.18. The molecule has 5 heteroatoms. The molecule has 0 spiro atoms. The average molecular weight is 329 g/mol.